The van der Waals surface area contributed by atoms with Crippen LogP contribution in [0.4, 0.5) is 0 Å². The van der Waals surface area contributed by atoms with Crippen molar-refractivity contribution in [1.82, 2.24) is 10.2 Å². The molecule has 3 fully saturated rings. The Morgan fingerprint density at radius 2 is 1.76 bits per heavy atom. The molecule has 2 aromatic rings. The second-order valence-corrected chi connectivity index (χ2v) is 12.6. The predicted molar refractivity (Wildman–Crippen MR) is 153 cm³/mol. The van der Waals surface area contributed by atoms with Crippen LogP contribution in [0.2, 0.25) is 0 Å². The Bertz CT molecular complexity index is 1160. The topological polar surface area (TPSA) is 49.4 Å². The number of amides is 2. The molecule has 5 unspecified atom stereocenters. The largest absolute Gasteiger partial charge is 0.349 e. The number of carbonyl (C=O) groups is 2. The number of thioether (sulfide) groups is 1. The maximum absolute atomic E-state index is 13.7. The summed E-state index contributed by atoms with van der Waals surface area (Å²) in [5.41, 5.74) is 4.11. The number of nitrogens with zero attached hydrogens (tertiary/aromatic N) is 1. The van der Waals surface area contributed by atoms with Crippen LogP contribution in [0.3, 0.4) is 0 Å². The molecule has 5 rings (SSSR count). The van der Waals surface area contributed by atoms with E-state index in [1.165, 1.54) is 36.8 Å². The highest BCUT2D eigenvalue weighted by molar-refractivity contribution is 8.04. The summed E-state index contributed by atoms with van der Waals surface area (Å²) in [7, 11) is 0. The minimum absolute atomic E-state index is 0.00252. The molecule has 1 aliphatic heterocycles. The number of hydrogen-bond acceptors (Lipinski definition) is 3. The van der Waals surface area contributed by atoms with Crippen molar-refractivity contribution in [2.24, 2.45) is 11.8 Å². The van der Waals surface area contributed by atoms with Gasteiger partial charge < -0.3 is 10.2 Å². The second-order valence-electron chi connectivity index (χ2n) is 11.3. The first-order valence-electron chi connectivity index (χ1n) is 14.1. The van der Waals surface area contributed by atoms with E-state index in [9.17, 15) is 9.59 Å². The first kappa shape index (κ1) is 26.1. The van der Waals surface area contributed by atoms with Crippen LogP contribution < -0.4 is 5.32 Å². The molecule has 196 valence electrons. The zero-order valence-electron chi connectivity index (χ0n) is 22.4. The molecule has 5 heteroatoms. The van der Waals surface area contributed by atoms with E-state index >= 15 is 0 Å². The molecule has 1 N–H and O–H groups in total. The van der Waals surface area contributed by atoms with Crippen LogP contribution in [0.15, 0.2) is 53.4 Å². The van der Waals surface area contributed by atoms with Gasteiger partial charge in [-0.3, -0.25) is 9.59 Å². The van der Waals surface area contributed by atoms with Gasteiger partial charge in [-0.2, -0.15) is 0 Å². The minimum atomic E-state index is 0.00252. The summed E-state index contributed by atoms with van der Waals surface area (Å²) in [6.45, 7) is 7.33. The van der Waals surface area contributed by atoms with Gasteiger partial charge in [0.05, 0.1) is 4.91 Å². The monoisotopic (exact) mass is 516 g/mol. The van der Waals surface area contributed by atoms with Gasteiger partial charge in [-0.25, -0.2) is 0 Å². The first-order chi connectivity index (χ1) is 17.9. The van der Waals surface area contributed by atoms with Crippen LogP contribution >= 0.6 is 11.8 Å². The third-order valence-corrected chi connectivity index (χ3v) is 10.3. The lowest BCUT2D eigenvalue weighted by Crippen LogP contribution is -2.50. The van der Waals surface area contributed by atoms with E-state index in [2.05, 4.69) is 55.3 Å². The maximum Gasteiger partial charge on any atom is 0.260 e. The number of fused-ring (bicyclic) bond motifs is 1. The van der Waals surface area contributed by atoms with Gasteiger partial charge in [-0.05, 0) is 72.9 Å². The van der Waals surface area contributed by atoms with E-state index in [1.807, 2.05) is 30.3 Å². The minimum Gasteiger partial charge on any atom is -0.349 e. The summed E-state index contributed by atoms with van der Waals surface area (Å²) in [4.78, 5) is 29.6. The predicted octanol–water partition coefficient (Wildman–Crippen LogP) is 6.98. The molecule has 2 amide bonds. The van der Waals surface area contributed by atoms with E-state index in [-0.39, 0.29) is 17.9 Å². The zero-order valence-corrected chi connectivity index (χ0v) is 23.2. The number of rotatable bonds is 5. The molecule has 37 heavy (non-hydrogen) atoms. The summed E-state index contributed by atoms with van der Waals surface area (Å²) < 4.78 is 0. The fourth-order valence-corrected chi connectivity index (χ4v) is 7.73. The maximum atomic E-state index is 13.7. The average molecular weight is 517 g/mol. The first-order valence-corrected chi connectivity index (χ1v) is 14.9. The van der Waals surface area contributed by atoms with Crippen LogP contribution in [-0.2, 0) is 11.3 Å². The van der Waals surface area contributed by atoms with Gasteiger partial charge in [-0.1, -0.05) is 75.9 Å². The van der Waals surface area contributed by atoms with Gasteiger partial charge in [0.2, 0.25) is 0 Å². The number of hydrogen-bond donors (Lipinski definition) is 1. The molecule has 5 atom stereocenters. The van der Waals surface area contributed by atoms with Gasteiger partial charge in [-0.15, -0.1) is 11.8 Å². The van der Waals surface area contributed by atoms with Gasteiger partial charge in [0.1, 0.15) is 0 Å². The van der Waals surface area contributed by atoms with Gasteiger partial charge in [0.15, 0.2) is 0 Å². The summed E-state index contributed by atoms with van der Waals surface area (Å²) in [5, 5.41) is 3.72. The van der Waals surface area contributed by atoms with E-state index in [4.69, 9.17) is 0 Å². The van der Waals surface area contributed by atoms with Crippen LogP contribution in [0.25, 0.3) is 6.08 Å². The van der Waals surface area contributed by atoms with Crippen molar-refractivity contribution in [2.75, 3.05) is 0 Å². The van der Waals surface area contributed by atoms with Crippen LogP contribution in [0, 0.1) is 18.8 Å². The van der Waals surface area contributed by atoms with Crippen molar-refractivity contribution in [3.8, 4) is 0 Å². The Labute approximate surface area is 226 Å². The molecule has 2 aliphatic carbocycles. The number of benzene rings is 2. The Balaban J connectivity index is 1.32. The van der Waals surface area contributed by atoms with E-state index < -0.39 is 0 Å². The average Bonchev–Trinajstić information content (AvgIpc) is 2.90. The molecule has 3 aliphatic rings. The van der Waals surface area contributed by atoms with Crippen molar-refractivity contribution in [3.05, 3.63) is 75.7 Å². The van der Waals surface area contributed by atoms with Crippen LogP contribution in [0.1, 0.15) is 85.8 Å². The van der Waals surface area contributed by atoms with Gasteiger partial charge >= 0.3 is 0 Å². The van der Waals surface area contributed by atoms with Gasteiger partial charge in [0, 0.05) is 29.4 Å². The van der Waals surface area contributed by atoms with Crippen LogP contribution in [0.5, 0.6) is 0 Å². The zero-order chi connectivity index (χ0) is 25.9. The highest BCUT2D eigenvalue weighted by Crippen LogP contribution is 2.43. The molecule has 1 heterocycles. The van der Waals surface area contributed by atoms with Crippen molar-refractivity contribution >= 4 is 29.7 Å². The number of nitrogens with one attached hydrogen (secondary N) is 1. The summed E-state index contributed by atoms with van der Waals surface area (Å²) in [6, 6.07) is 16.7. The quantitative estimate of drug-likeness (QED) is 0.436. The fourth-order valence-electron chi connectivity index (χ4n) is 6.25. The van der Waals surface area contributed by atoms with Crippen LogP contribution in [-0.4, -0.2) is 34.0 Å². The Morgan fingerprint density at radius 3 is 2.54 bits per heavy atom. The van der Waals surface area contributed by atoms with Crippen molar-refractivity contribution in [1.29, 1.82) is 0 Å². The molecule has 4 nitrogen and oxygen atoms in total. The van der Waals surface area contributed by atoms with Crippen molar-refractivity contribution in [3.63, 3.8) is 0 Å². The molecular weight excluding hydrogens is 476 g/mol. The van der Waals surface area contributed by atoms with Crippen molar-refractivity contribution in [2.45, 2.75) is 89.6 Å². The third kappa shape index (κ3) is 5.82. The Hall–Kier alpha value is -2.53. The lowest BCUT2D eigenvalue weighted by atomic mass is 9.78. The molecule has 1 saturated heterocycles. The summed E-state index contributed by atoms with van der Waals surface area (Å²) in [5.74, 6) is 1.29. The highest BCUT2D eigenvalue weighted by atomic mass is 32.2. The van der Waals surface area contributed by atoms with Crippen molar-refractivity contribution < 1.29 is 9.59 Å². The summed E-state index contributed by atoms with van der Waals surface area (Å²) in [6.07, 6.45) is 10.2. The lowest BCUT2D eigenvalue weighted by Gasteiger charge is -2.44. The standard InChI is InChI=1S/C32H40N2O2S/c1-21-10-8-12-27(23(21)3)33-31(35)25-17-15-24(16-18-25)19-30-32(36)34(20-26-11-5-4-9-22(26)2)28-13-6-7-14-29(28)37-30/h4-5,9,11,15-19,21,23,27-29H,6-8,10,12-14,20H2,1-3H3,(H,33,35)/b30-19+. The summed E-state index contributed by atoms with van der Waals surface area (Å²) >= 11 is 1.76. The Morgan fingerprint density at radius 1 is 1.00 bits per heavy atom. The third-order valence-electron chi connectivity index (χ3n) is 8.91. The molecule has 0 radical (unpaired) electrons. The molecule has 0 aromatic heterocycles. The molecule has 0 spiro atoms. The SMILES string of the molecule is Cc1ccccc1CN1C(=O)/C(=C\c2ccc(C(=O)NC3CCCC(C)C3C)cc2)SC2CCCCC21. The smallest absolute Gasteiger partial charge is 0.260 e. The Kier molecular flexibility index (Phi) is 8.09. The molecule has 2 aromatic carbocycles. The van der Waals surface area contributed by atoms with E-state index in [0.717, 1.165) is 29.7 Å². The molecule has 0 bridgehead atoms. The molecular formula is C32H40N2O2S. The van der Waals surface area contributed by atoms with Gasteiger partial charge in [0.25, 0.3) is 11.8 Å². The highest BCUT2D eigenvalue weighted by Gasteiger charge is 2.40. The second kappa shape index (κ2) is 11.5. The number of aryl methyl sites for hydroxylation is 1. The normalized spacial score (nSPS) is 29.2. The lowest BCUT2D eigenvalue weighted by molar-refractivity contribution is -0.130. The van der Waals surface area contributed by atoms with E-state index in [1.54, 1.807) is 11.8 Å². The molecule has 2 saturated carbocycles. The number of carbonyl (C=O) groups excluding carboxylic acids is 2. The fraction of sp³-hybridized carbons (Fsp3) is 0.500. The van der Waals surface area contributed by atoms with E-state index in [0.29, 0.717) is 35.2 Å².